The van der Waals surface area contributed by atoms with Crippen molar-refractivity contribution in [1.29, 1.82) is 0 Å². The van der Waals surface area contributed by atoms with Crippen molar-refractivity contribution < 1.29 is 5.21 Å². The highest BCUT2D eigenvalue weighted by Crippen LogP contribution is 2.30. The fourth-order valence-electron chi connectivity index (χ4n) is 2.69. The summed E-state index contributed by atoms with van der Waals surface area (Å²) >= 11 is 6.25. The highest BCUT2D eigenvalue weighted by atomic mass is 35.5. The third kappa shape index (κ3) is 2.33. The molecule has 3 N–H and O–H groups in total. The maximum atomic E-state index is 9.51. The minimum absolute atomic E-state index is 0.291. The number of hydrogen-bond donors (Lipinski definition) is 3. The average Bonchev–Trinajstić information content (AvgIpc) is 3.10. The molecule has 4 aromatic rings. The molecule has 6 nitrogen and oxygen atoms in total. The Hall–Kier alpha value is -3.12. The van der Waals surface area contributed by atoms with Gasteiger partial charge in [-0.1, -0.05) is 41.0 Å². The first-order valence-corrected chi connectivity index (χ1v) is 7.60. The number of hydrogen-bond acceptors (Lipinski definition) is 4. The van der Waals surface area contributed by atoms with Crippen molar-refractivity contribution in [3.63, 3.8) is 0 Å². The lowest BCUT2D eigenvalue weighted by molar-refractivity contribution is 0.319. The van der Waals surface area contributed by atoms with E-state index < -0.39 is 0 Å². The number of amidine groups is 1. The number of rotatable bonds is 2. The summed E-state index contributed by atoms with van der Waals surface area (Å²) < 4.78 is 0. The normalized spacial score (nSPS) is 12.0. The van der Waals surface area contributed by atoms with Crippen LogP contribution in [0.1, 0.15) is 5.56 Å². The van der Waals surface area contributed by atoms with E-state index in [-0.39, 0.29) is 0 Å². The Morgan fingerprint density at radius 2 is 1.92 bits per heavy atom. The first-order chi connectivity index (χ1) is 11.8. The standard InChI is InChI=1S/C17H12ClN5O/c18-13-5-6-14(11-4-2-1-3-10(11)13)22-16(23-24)12-7-8-19-17-15(12)20-9-21-17/h1-9,24H,(H,22,23)(H,19,20,21). The predicted octanol–water partition coefficient (Wildman–Crippen LogP) is 4.01. The molecule has 0 fully saturated rings. The number of nitrogens with one attached hydrogen (secondary N) is 2. The van der Waals surface area contributed by atoms with Crippen LogP contribution in [0.25, 0.3) is 21.9 Å². The number of imidazole rings is 1. The number of oxime groups is 1. The van der Waals surface area contributed by atoms with Crippen molar-refractivity contribution in [3.8, 4) is 0 Å². The lowest BCUT2D eigenvalue weighted by atomic mass is 10.1. The van der Waals surface area contributed by atoms with Crippen LogP contribution >= 0.6 is 11.6 Å². The van der Waals surface area contributed by atoms with E-state index in [0.717, 1.165) is 16.5 Å². The summed E-state index contributed by atoms with van der Waals surface area (Å²) in [5.41, 5.74) is 2.69. The number of nitrogens with zero attached hydrogens (tertiary/aromatic N) is 3. The number of halogens is 1. The molecule has 0 saturated carbocycles. The van der Waals surface area contributed by atoms with E-state index in [1.54, 1.807) is 24.7 Å². The molecule has 0 amide bonds. The predicted molar refractivity (Wildman–Crippen MR) is 94.8 cm³/mol. The van der Waals surface area contributed by atoms with Gasteiger partial charge in [-0.3, -0.25) is 0 Å². The van der Waals surface area contributed by atoms with Crippen LogP contribution in [0.15, 0.2) is 60.1 Å². The van der Waals surface area contributed by atoms with Crippen LogP contribution in [-0.2, 0) is 0 Å². The quantitative estimate of drug-likeness (QED) is 0.223. The van der Waals surface area contributed by atoms with Crippen molar-refractivity contribution in [3.05, 3.63) is 65.6 Å². The SMILES string of the molecule is O/N=C(\Nc1ccc(Cl)c2ccccc12)c1ccnc2nc[nH]c12. The van der Waals surface area contributed by atoms with E-state index in [0.29, 0.717) is 27.6 Å². The zero-order valence-electron chi connectivity index (χ0n) is 12.4. The van der Waals surface area contributed by atoms with Gasteiger partial charge in [0, 0.05) is 33.2 Å². The van der Waals surface area contributed by atoms with Gasteiger partial charge in [0.1, 0.15) is 0 Å². The van der Waals surface area contributed by atoms with Gasteiger partial charge in [-0.05, 0) is 18.2 Å². The van der Waals surface area contributed by atoms with Crippen LogP contribution in [0.4, 0.5) is 5.69 Å². The van der Waals surface area contributed by atoms with E-state index in [2.05, 4.69) is 25.4 Å². The summed E-state index contributed by atoms with van der Waals surface area (Å²) in [6, 6.07) is 13.2. The molecule has 0 radical (unpaired) electrons. The third-order valence-corrected chi connectivity index (χ3v) is 4.14. The van der Waals surface area contributed by atoms with Crippen LogP contribution in [-0.4, -0.2) is 26.0 Å². The molecule has 0 atom stereocenters. The smallest absolute Gasteiger partial charge is 0.179 e. The first-order valence-electron chi connectivity index (χ1n) is 7.22. The molecule has 118 valence electrons. The maximum absolute atomic E-state index is 9.51. The largest absolute Gasteiger partial charge is 0.409 e. The summed E-state index contributed by atoms with van der Waals surface area (Å²) in [6.07, 6.45) is 3.17. The van der Waals surface area contributed by atoms with Gasteiger partial charge >= 0.3 is 0 Å². The fraction of sp³-hybridized carbons (Fsp3) is 0. The van der Waals surface area contributed by atoms with Gasteiger partial charge in [-0.15, -0.1) is 0 Å². The molecule has 0 bridgehead atoms. The molecule has 0 unspecified atom stereocenters. The van der Waals surface area contributed by atoms with Gasteiger partial charge in [0.05, 0.1) is 11.8 Å². The lowest BCUT2D eigenvalue weighted by Crippen LogP contribution is -2.14. The molecule has 24 heavy (non-hydrogen) atoms. The second-order valence-corrected chi connectivity index (χ2v) is 5.58. The minimum Gasteiger partial charge on any atom is -0.409 e. The lowest BCUT2D eigenvalue weighted by Gasteiger charge is -2.12. The number of pyridine rings is 1. The van der Waals surface area contributed by atoms with Crippen molar-refractivity contribution in [2.75, 3.05) is 5.32 Å². The van der Waals surface area contributed by atoms with Crippen molar-refractivity contribution in [2.24, 2.45) is 5.16 Å². The molecule has 0 spiro atoms. The Bertz CT molecular complexity index is 1070. The Balaban J connectivity index is 1.82. The first kappa shape index (κ1) is 14.5. The molecule has 4 rings (SSSR count). The van der Waals surface area contributed by atoms with E-state index in [9.17, 15) is 5.21 Å². The number of aromatic amines is 1. The molecular weight excluding hydrogens is 326 g/mol. The summed E-state index contributed by atoms with van der Waals surface area (Å²) in [5, 5.41) is 18.6. The minimum atomic E-state index is 0.291. The van der Waals surface area contributed by atoms with Crippen molar-refractivity contribution >= 4 is 45.1 Å². The van der Waals surface area contributed by atoms with Gasteiger partial charge < -0.3 is 15.5 Å². The summed E-state index contributed by atoms with van der Waals surface area (Å²) in [7, 11) is 0. The average molecular weight is 338 g/mol. The second kappa shape index (κ2) is 5.82. The number of H-pyrrole nitrogens is 1. The molecule has 0 aliphatic carbocycles. The summed E-state index contributed by atoms with van der Waals surface area (Å²) in [6.45, 7) is 0. The Labute approximate surface area is 141 Å². The Morgan fingerprint density at radius 3 is 2.75 bits per heavy atom. The zero-order valence-corrected chi connectivity index (χ0v) is 13.1. The highest BCUT2D eigenvalue weighted by molar-refractivity contribution is 6.36. The Kier molecular flexibility index (Phi) is 3.51. The summed E-state index contributed by atoms with van der Waals surface area (Å²) in [4.78, 5) is 11.3. The number of benzene rings is 2. The molecular formula is C17H12ClN5O. The number of anilines is 1. The second-order valence-electron chi connectivity index (χ2n) is 5.17. The third-order valence-electron chi connectivity index (χ3n) is 3.81. The summed E-state index contributed by atoms with van der Waals surface area (Å²) in [5.74, 6) is 0.291. The van der Waals surface area contributed by atoms with Crippen LogP contribution in [0, 0.1) is 0 Å². The van der Waals surface area contributed by atoms with Crippen LogP contribution in [0.5, 0.6) is 0 Å². The van der Waals surface area contributed by atoms with E-state index >= 15 is 0 Å². The number of aromatic nitrogens is 3. The van der Waals surface area contributed by atoms with Crippen LogP contribution < -0.4 is 5.32 Å². The van der Waals surface area contributed by atoms with Crippen molar-refractivity contribution in [1.82, 2.24) is 15.0 Å². The van der Waals surface area contributed by atoms with E-state index in [4.69, 9.17) is 11.6 Å². The molecule has 0 aliphatic rings. The van der Waals surface area contributed by atoms with Gasteiger partial charge in [-0.25, -0.2) is 9.97 Å². The number of fused-ring (bicyclic) bond motifs is 2. The van der Waals surface area contributed by atoms with E-state index in [1.807, 2.05) is 30.3 Å². The monoisotopic (exact) mass is 337 g/mol. The Morgan fingerprint density at radius 1 is 1.08 bits per heavy atom. The van der Waals surface area contributed by atoms with E-state index in [1.165, 1.54) is 0 Å². The topological polar surface area (TPSA) is 86.2 Å². The fourth-order valence-corrected chi connectivity index (χ4v) is 2.92. The zero-order chi connectivity index (χ0) is 16.5. The van der Waals surface area contributed by atoms with Gasteiger partial charge in [-0.2, -0.15) is 0 Å². The molecule has 0 saturated heterocycles. The molecule has 2 aromatic heterocycles. The van der Waals surface area contributed by atoms with Gasteiger partial charge in [0.25, 0.3) is 0 Å². The molecule has 0 aliphatic heterocycles. The molecule has 2 heterocycles. The van der Waals surface area contributed by atoms with Gasteiger partial charge in [0.2, 0.25) is 0 Å². The molecule has 2 aromatic carbocycles. The van der Waals surface area contributed by atoms with Crippen LogP contribution in [0.3, 0.4) is 0 Å². The highest BCUT2D eigenvalue weighted by Gasteiger charge is 2.13. The van der Waals surface area contributed by atoms with Gasteiger partial charge in [0.15, 0.2) is 11.5 Å². The van der Waals surface area contributed by atoms with Crippen molar-refractivity contribution in [2.45, 2.75) is 0 Å². The maximum Gasteiger partial charge on any atom is 0.179 e. The van der Waals surface area contributed by atoms with Crippen LogP contribution in [0.2, 0.25) is 5.02 Å². The molecule has 7 heteroatoms.